The van der Waals surface area contributed by atoms with E-state index in [-0.39, 0.29) is 27.7 Å². The van der Waals surface area contributed by atoms with Gasteiger partial charge in [0.2, 0.25) is 0 Å². The van der Waals surface area contributed by atoms with Gasteiger partial charge in [-0.1, -0.05) is 6.92 Å². The lowest BCUT2D eigenvalue weighted by molar-refractivity contribution is 0.463. The average molecular weight is 397 g/mol. The lowest BCUT2D eigenvalue weighted by atomic mass is 10.00. The Hall–Kier alpha value is 0.180. The fourth-order valence-electron chi connectivity index (χ4n) is 2.56. The summed E-state index contributed by atoms with van der Waals surface area (Å²) in [7, 11) is 0. The molecule has 0 spiro atoms. The van der Waals surface area contributed by atoms with E-state index in [9.17, 15) is 8.78 Å². The molecular formula is C14H19BrF2N2S2. The summed E-state index contributed by atoms with van der Waals surface area (Å²) in [5, 5.41) is 0.722. The van der Waals surface area contributed by atoms with Crippen molar-refractivity contribution < 1.29 is 8.78 Å². The van der Waals surface area contributed by atoms with Crippen LogP contribution in [-0.2, 0) is 6.42 Å². The number of rotatable bonds is 5. The van der Waals surface area contributed by atoms with Crippen LogP contribution >= 0.6 is 39.5 Å². The number of thioether (sulfide) groups is 2. The molecule has 0 saturated carbocycles. The van der Waals surface area contributed by atoms with Crippen LogP contribution in [0.4, 0.5) is 8.78 Å². The van der Waals surface area contributed by atoms with Gasteiger partial charge in [-0.05, 0) is 40.9 Å². The maximum absolute atomic E-state index is 14.1. The highest BCUT2D eigenvalue weighted by atomic mass is 79.9. The fourth-order valence-corrected chi connectivity index (χ4v) is 6.17. The summed E-state index contributed by atoms with van der Waals surface area (Å²) in [6, 6.07) is 2.53. The molecule has 0 amide bonds. The molecule has 1 aromatic rings. The van der Waals surface area contributed by atoms with Gasteiger partial charge < -0.3 is 0 Å². The van der Waals surface area contributed by atoms with Crippen LogP contribution in [-0.4, -0.2) is 28.0 Å². The monoisotopic (exact) mass is 396 g/mol. The quantitative estimate of drug-likeness (QED) is 0.451. The highest BCUT2D eigenvalue weighted by Crippen LogP contribution is 2.36. The van der Waals surface area contributed by atoms with Gasteiger partial charge >= 0.3 is 0 Å². The number of nitrogens with two attached hydrogens (primary N) is 1. The molecule has 3 unspecified atom stereocenters. The summed E-state index contributed by atoms with van der Waals surface area (Å²) < 4.78 is 28.4. The van der Waals surface area contributed by atoms with Gasteiger partial charge in [0.05, 0.1) is 4.47 Å². The molecule has 0 bridgehead atoms. The zero-order chi connectivity index (χ0) is 15.4. The Kier molecular flexibility index (Phi) is 6.80. The Balaban J connectivity index is 2.21. The minimum Gasteiger partial charge on any atom is -0.271 e. The van der Waals surface area contributed by atoms with Gasteiger partial charge in [0.25, 0.3) is 0 Å². The predicted octanol–water partition coefficient (Wildman–Crippen LogP) is 3.73. The number of benzene rings is 1. The second-order valence-corrected chi connectivity index (χ2v) is 8.44. The lowest BCUT2D eigenvalue weighted by Gasteiger charge is -2.35. The fraction of sp³-hybridized carbons (Fsp3) is 0.571. The molecule has 1 aliphatic rings. The van der Waals surface area contributed by atoms with Crippen LogP contribution in [0.15, 0.2) is 16.6 Å². The van der Waals surface area contributed by atoms with Crippen LogP contribution in [0.5, 0.6) is 0 Å². The molecule has 1 saturated heterocycles. The second kappa shape index (κ2) is 8.15. The van der Waals surface area contributed by atoms with Crippen molar-refractivity contribution in [3.05, 3.63) is 33.8 Å². The third kappa shape index (κ3) is 4.13. The molecule has 0 aliphatic carbocycles. The molecule has 118 valence electrons. The average Bonchev–Trinajstić information content (AvgIpc) is 2.51. The van der Waals surface area contributed by atoms with Crippen LogP contribution < -0.4 is 11.3 Å². The van der Waals surface area contributed by atoms with Crippen molar-refractivity contribution in [2.75, 3.05) is 11.5 Å². The zero-order valence-electron chi connectivity index (χ0n) is 11.7. The molecule has 2 nitrogen and oxygen atoms in total. The van der Waals surface area contributed by atoms with Crippen LogP contribution in [0.3, 0.4) is 0 Å². The summed E-state index contributed by atoms with van der Waals surface area (Å²) in [6.45, 7) is 2.14. The van der Waals surface area contributed by atoms with Crippen LogP contribution in [0.25, 0.3) is 0 Å². The van der Waals surface area contributed by atoms with Crippen molar-refractivity contribution in [2.24, 2.45) is 5.84 Å². The third-order valence-corrected chi connectivity index (χ3v) is 7.69. The minimum absolute atomic E-state index is 0.0957. The first-order chi connectivity index (χ1) is 10.1. The van der Waals surface area contributed by atoms with E-state index in [0.717, 1.165) is 17.9 Å². The maximum Gasteiger partial charge on any atom is 0.143 e. The Morgan fingerprint density at radius 1 is 1.38 bits per heavy atom. The summed E-state index contributed by atoms with van der Waals surface area (Å²) >= 11 is 6.88. The van der Waals surface area contributed by atoms with Gasteiger partial charge in [0.1, 0.15) is 11.6 Å². The molecular weight excluding hydrogens is 378 g/mol. The molecule has 1 fully saturated rings. The first-order valence-electron chi connectivity index (χ1n) is 6.90. The number of nitrogens with one attached hydrogen (secondary N) is 1. The van der Waals surface area contributed by atoms with Gasteiger partial charge in [-0.15, -0.1) is 0 Å². The van der Waals surface area contributed by atoms with Crippen molar-refractivity contribution in [1.29, 1.82) is 0 Å². The van der Waals surface area contributed by atoms with Crippen LogP contribution in [0.2, 0.25) is 0 Å². The minimum atomic E-state index is -0.531. The maximum atomic E-state index is 14.1. The second-order valence-electron chi connectivity index (χ2n) is 4.95. The smallest absolute Gasteiger partial charge is 0.143 e. The highest BCUT2D eigenvalue weighted by molar-refractivity contribution is 9.10. The molecule has 3 N–H and O–H groups in total. The molecule has 7 heteroatoms. The Morgan fingerprint density at radius 2 is 2.10 bits per heavy atom. The molecule has 3 atom stereocenters. The van der Waals surface area contributed by atoms with E-state index in [1.54, 1.807) is 0 Å². The number of halogens is 3. The SMILES string of the molecule is CCC1SCCSC1C(Cc1c(F)ccc(Br)c1F)NN. The largest absolute Gasteiger partial charge is 0.271 e. The molecule has 0 radical (unpaired) electrons. The lowest BCUT2D eigenvalue weighted by Crippen LogP contribution is -2.49. The van der Waals surface area contributed by atoms with Crippen molar-refractivity contribution >= 4 is 39.5 Å². The van der Waals surface area contributed by atoms with E-state index in [1.807, 2.05) is 23.5 Å². The zero-order valence-corrected chi connectivity index (χ0v) is 15.0. The standard InChI is InChI=1S/C14H19BrF2N2S2/c1-2-12-14(21-6-5-20-12)11(19-18)7-8-10(16)4-3-9(15)13(8)17/h3-4,11-12,14,19H,2,5-7,18H2,1H3. The number of hydrazine groups is 1. The number of hydrogen-bond donors (Lipinski definition) is 2. The molecule has 21 heavy (non-hydrogen) atoms. The topological polar surface area (TPSA) is 38.0 Å². The Labute approximate surface area is 141 Å². The van der Waals surface area contributed by atoms with Gasteiger partial charge in [0.15, 0.2) is 0 Å². The molecule has 0 aromatic heterocycles. The van der Waals surface area contributed by atoms with E-state index in [1.165, 1.54) is 12.1 Å². The Morgan fingerprint density at radius 3 is 2.76 bits per heavy atom. The summed E-state index contributed by atoms with van der Waals surface area (Å²) in [5.74, 6) is 6.80. The predicted molar refractivity (Wildman–Crippen MR) is 91.7 cm³/mol. The van der Waals surface area contributed by atoms with Gasteiger partial charge in [0, 0.05) is 33.6 Å². The molecule has 1 aliphatic heterocycles. The normalized spacial score (nSPS) is 24.0. The molecule has 1 aromatic carbocycles. The molecule has 2 rings (SSSR count). The van der Waals surface area contributed by atoms with E-state index < -0.39 is 11.6 Å². The summed E-state index contributed by atoms with van der Waals surface area (Å²) in [6.07, 6.45) is 1.28. The van der Waals surface area contributed by atoms with Crippen LogP contribution in [0, 0.1) is 11.6 Å². The first kappa shape index (κ1) is 17.5. The van der Waals surface area contributed by atoms with Crippen molar-refractivity contribution in [3.8, 4) is 0 Å². The third-order valence-electron chi connectivity index (χ3n) is 3.67. The van der Waals surface area contributed by atoms with E-state index in [0.29, 0.717) is 5.25 Å². The van der Waals surface area contributed by atoms with E-state index in [2.05, 4.69) is 28.3 Å². The van der Waals surface area contributed by atoms with E-state index in [4.69, 9.17) is 5.84 Å². The number of hydrogen-bond acceptors (Lipinski definition) is 4. The van der Waals surface area contributed by atoms with Gasteiger partial charge in [-0.3, -0.25) is 11.3 Å². The van der Waals surface area contributed by atoms with Gasteiger partial charge in [-0.25, -0.2) is 8.78 Å². The van der Waals surface area contributed by atoms with Crippen LogP contribution in [0.1, 0.15) is 18.9 Å². The first-order valence-corrected chi connectivity index (χ1v) is 9.79. The van der Waals surface area contributed by atoms with Crippen molar-refractivity contribution in [3.63, 3.8) is 0 Å². The van der Waals surface area contributed by atoms with E-state index >= 15 is 0 Å². The van der Waals surface area contributed by atoms with Crippen molar-refractivity contribution in [2.45, 2.75) is 36.3 Å². The van der Waals surface area contributed by atoms with Crippen molar-refractivity contribution in [1.82, 2.24) is 5.43 Å². The van der Waals surface area contributed by atoms with Gasteiger partial charge in [-0.2, -0.15) is 23.5 Å². The summed E-state index contributed by atoms with van der Waals surface area (Å²) in [4.78, 5) is 0. The Bertz CT molecular complexity index is 490. The molecule has 1 heterocycles. The summed E-state index contributed by atoms with van der Waals surface area (Å²) in [5.41, 5.74) is 2.87. The highest BCUT2D eigenvalue weighted by Gasteiger charge is 2.32.